The molecule has 1 unspecified atom stereocenters. The highest BCUT2D eigenvalue weighted by atomic mass is 32.2. The Morgan fingerprint density at radius 2 is 1.92 bits per heavy atom. The summed E-state index contributed by atoms with van der Waals surface area (Å²) in [5.74, 6) is 5.58. The Morgan fingerprint density at radius 3 is 2.46 bits per heavy atom. The van der Waals surface area contributed by atoms with Crippen molar-refractivity contribution in [2.24, 2.45) is 11.3 Å². The average Bonchev–Trinajstić information content (AvgIpc) is 2.72. The average molecular weight is 216 g/mol. The molecule has 0 bridgehead atoms. The first kappa shape index (κ1) is 9.91. The summed E-state index contributed by atoms with van der Waals surface area (Å²) in [5.41, 5.74) is 0.0781. The van der Waals surface area contributed by atoms with E-state index in [1.807, 2.05) is 23.5 Å². The molecule has 2 fully saturated rings. The van der Waals surface area contributed by atoms with Crippen LogP contribution in [0.15, 0.2) is 0 Å². The van der Waals surface area contributed by atoms with E-state index >= 15 is 0 Å². The van der Waals surface area contributed by atoms with Crippen molar-refractivity contribution in [3.8, 4) is 0 Å². The van der Waals surface area contributed by atoms with Crippen LogP contribution in [0.5, 0.6) is 0 Å². The van der Waals surface area contributed by atoms with E-state index in [1.165, 1.54) is 35.7 Å². The van der Waals surface area contributed by atoms with Gasteiger partial charge in [-0.05, 0) is 48.2 Å². The summed E-state index contributed by atoms with van der Waals surface area (Å²) in [5, 5.41) is 0. The third kappa shape index (κ3) is 1.91. The fourth-order valence-corrected chi connectivity index (χ4v) is 5.02. The number of aldehydes is 1. The van der Waals surface area contributed by atoms with E-state index in [-0.39, 0.29) is 5.41 Å². The highest BCUT2D eigenvalue weighted by Crippen LogP contribution is 2.45. The predicted octanol–water partition coefficient (Wildman–Crippen LogP) is 2.45. The molecule has 0 spiro atoms. The minimum atomic E-state index is 0.0781. The summed E-state index contributed by atoms with van der Waals surface area (Å²) in [6.45, 7) is 0. The largest absolute Gasteiger partial charge is 0.303 e. The Bertz CT molecular complexity index is 181. The summed E-state index contributed by atoms with van der Waals surface area (Å²) in [7, 11) is 0. The third-order valence-corrected chi connectivity index (χ3v) is 5.55. The van der Waals surface area contributed by atoms with Crippen molar-refractivity contribution in [2.45, 2.75) is 19.3 Å². The van der Waals surface area contributed by atoms with E-state index < -0.39 is 0 Å². The van der Waals surface area contributed by atoms with Crippen LogP contribution in [0.1, 0.15) is 19.3 Å². The predicted molar refractivity (Wildman–Crippen MR) is 60.5 cm³/mol. The van der Waals surface area contributed by atoms with Crippen LogP contribution in [0.3, 0.4) is 0 Å². The molecule has 1 nitrogen and oxygen atoms in total. The van der Waals surface area contributed by atoms with Crippen LogP contribution in [0.4, 0.5) is 0 Å². The van der Waals surface area contributed by atoms with Crippen LogP contribution in [-0.2, 0) is 4.79 Å². The Labute approximate surface area is 88.4 Å². The summed E-state index contributed by atoms with van der Waals surface area (Å²) in [6.07, 6.45) is 4.82. The van der Waals surface area contributed by atoms with Crippen LogP contribution in [0.25, 0.3) is 0 Å². The molecule has 0 aromatic rings. The SMILES string of the molecule is O=CC1(C2CCSC2)CCSCC1. The van der Waals surface area contributed by atoms with Crippen molar-refractivity contribution in [3.05, 3.63) is 0 Å². The van der Waals surface area contributed by atoms with E-state index in [0.717, 1.165) is 12.8 Å². The third-order valence-electron chi connectivity index (χ3n) is 3.40. The number of rotatable bonds is 2. The zero-order valence-corrected chi connectivity index (χ0v) is 9.46. The van der Waals surface area contributed by atoms with Gasteiger partial charge in [0.2, 0.25) is 0 Å². The Balaban J connectivity index is 2.07. The molecule has 3 heteroatoms. The second-order valence-corrected chi connectivity index (χ2v) is 6.40. The lowest BCUT2D eigenvalue weighted by molar-refractivity contribution is -0.119. The lowest BCUT2D eigenvalue weighted by Gasteiger charge is -2.36. The number of carbonyl (C=O) groups excluding carboxylic acids is 1. The Morgan fingerprint density at radius 1 is 1.15 bits per heavy atom. The van der Waals surface area contributed by atoms with Crippen molar-refractivity contribution >= 4 is 29.8 Å². The normalized spacial score (nSPS) is 33.1. The van der Waals surface area contributed by atoms with Crippen LogP contribution in [0.2, 0.25) is 0 Å². The second-order valence-electron chi connectivity index (χ2n) is 4.02. The van der Waals surface area contributed by atoms with E-state index in [2.05, 4.69) is 0 Å². The van der Waals surface area contributed by atoms with Gasteiger partial charge in [0.05, 0.1) is 0 Å². The van der Waals surface area contributed by atoms with Gasteiger partial charge in [0.1, 0.15) is 6.29 Å². The van der Waals surface area contributed by atoms with Gasteiger partial charge in [-0.2, -0.15) is 23.5 Å². The first-order valence-corrected chi connectivity index (χ1v) is 7.30. The first-order chi connectivity index (χ1) is 6.37. The van der Waals surface area contributed by atoms with Gasteiger partial charge in [-0.15, -0.1) is 0 Å². The lowest BCUT2D eigenvalue weighted by Crippen LogP contribution is -2.36. The first-order valence-electron chi connectivity index (χ1n) is 4.99. The molecule has 2 saturated heterocycles. The fourth-order valence-electron chi connectivity index (χ4n) is 2.36. The smallest absolute Gasteiger partial charge is 0.126 e. The van der Waals surface area contributed by atoms with Gasteiger partial charge in [-0.25, -0.2) is 0 Å². The summed E-state index contributed by atoms with van der Waals surface area (Å²) < 4.78 is 0. The van der Waals surface area contributed by atoms with Crippen molar-refractivity contribution in [3.63, 3.8) is 0 Å². The molecule has 13 heavy (non-hydrogen) atoms. The van der Waals surface area contributed by atoms with Gasteiger partial charge in [0.15, 0.2) is 0 Å². The fraction of sp³-hybridized carbons (Fsp3) is 0.900. The highest BCUT2D eigenvalue weighted by Gasteiger charge is 2.41. The lowest BCUT2D eigenvalue weighted by atomic mass is 9.72. The minimum absolute atomic E-state index is 0.0781. The maximum absolute atomic E-state index is 11.3. The maximum Gasteiger partial charge on any atom is 0.126 e. The monoisotopic (exact) mass is 216 g/mol. The standard InChI is InChI=1S/C10H16OS2/c11-8-10(2-5-12-6-3-10)9-1-4-13-7-9/h8-9H,1-7H2. The Hall–Kier alpha value is 0.370. The Kier molecular flexibility index (Phi) is 3.25. The molecule has 2 rings (SSSR count). The van der Waals surface area contributed by atoms with Crippen molar-refractivity contribution < 1.29 is 4.79 Å². The van der Waals surface area contributed by atoms with Crippen LogP contribution in [-0.4, -0.2) is 29.3 Å². The van der Waals surface area contributed by atoms with Crippen molar-refractivity contribution in [1.82, 2.24) is 0 Å². The van der Waals surface area contributed by atoms with Crippen LogP contribution >= 0.6 is 23.5 Å². The molecule has 0 N–H and O–H groups in total. The number of hydrogen-bond acceptors (Lipinski definition) is 3. The zero-order chi connectivity index (χ0) is 9.15. The molecule has 0 aromatic carbocycles. The van der Waals surface area contributed by atoms with Gasteiger partial charge in [-0.1, -0.05) is 0 Å². The molecule has 2 aliphatic heterocycles. The van der Waals surface area contributed by atoms with Gasteiger partial charge < -0.3 is 4.79 Å². The highest BCUT2D eigenvalue weighted by molar-refractivity contribution is 7.99. The van der Waals surface area contributed by atoms with E-state index in [9.17, 15) is 4.79 Å². The quantitative estimate of drug-likeness (QED) is 0.660. The second kappa shape index (κ2) is 4.26. The minimum Gasteiger partial charge on any atom is -0.303 e. The van der Waals surface area contributed by atoms with E-state index in [0.29, 0.717) is 5.92 Å². The molecule has 0 aliphatic carbocycles. The topological polar surface area (TPSA) is 17.1 Å². The van der Waals surface area contributed by atoms with Gasteiger partial charge in [0, 0.05) is 5.41 Å². The molecular weight excluding hydrogens is 200 g/mol. The molecule has 0 amide bonds. The molecule has 0 radical (unpaired) electrons. The van der Waals surface area contributed by atoms with Gasteiger partial charge in [-0.3, -0.25) is 0 Å². The number of thioether (sulfide) groups is 2. The van der Waals surface area contributed by atoms with Crippen LogP contribution in [0, 0.1) is 11.3 Å². The summed E-state index contributed by atoms with van der Waals surface area (Å²) in [4.78, 5) is 11.3. The molecule has 0 aromatic heterocycles. The summed E-state index contributed by atoms with van der Waals surface area (Å²) in [6, 6.07) is 0. The molecular formula is C10H16OS2. The van der Waals surface area contributed by atoms with Crippen molar-refractivity contribution in [2.75, 3.05) is 23.0 Å². The zero-order valence-electron chi connectivity index (χ0n) is 7.83. The molecule has 1 atom stereocenters. The summed E-state index contributed by atoms with van der Waals surface area (Å²) >= 11 is 4.03. The number of carbonyl (C=O) groups is 1. The molecule has 2 aliphatic rings. The molecule has 74 valence electrons. The van der Waals surface area contributed by atoms with Gasteiger partial charge in [0.25, 0.3) is 0 Å². The van der Waals surface area contributed by atoms with Gasteiger partial charge >= 0.3 is 0 Å². The van der Waals surface area contributed by atoms with E-state index in [4.69, 9.17) is 0 Å². The van der Waals surface area contributed by atoms with Crippen LogP contribution < -0.4 is 0 Å². The van der Waals surface area contributed by atoms with E-state index in [1.54, 1.807) is 0 Å². The molecule has 0 saturated carbocycles. The maximum atomic E-state index is 11.3. The molecule has 2 heterocycles. The van der Waals surface area contributed by atoms with Crippen molar-refractivity contribution in [1.29, 1.82) is 0 Å². The number of hydrogen-bond donors (Lipinski definition) is 0.